The fraction of sp³-hybridized carbons (Fsp3) is 0.167. The van der Waals surface area contributed by atoms with E-state index in [0.29, 0.717) is 40.3 Å². The number of anilines is 2. The first-order chi connectivity index (χ1) is 16.8. The second-order valence-corrected chi connectivity index (χ2v) is 7.81. The van der Waals surface area contributed by atoms with Crippen LogP contribution in [0.5, 0.6) is 11.6 Å². The molecule has 1 aliphatic heterocycles. The summed E-state index contributed by atoms with van der Waals surface area (Å²) in [6.45, 7) is 1.49. The number of aryl methyl sites for hydroxylation is 1. The molecule has 5 rings (SSSR count). The van der Waals surface area contributed by atoms with Crippen molar-refractivity contribution in [2.75, 3.05) is 16.3 Å². The van der Waals surface area contributed by atoms with Gasteiger partial charge in [-0.15, -0.1) is 0 Å². The van der Waals surface area contributed by atoms with E-state index in [1.54, 1.807) is 30.5 Å². The molecule has 11 heteroatoms. The van der Waals surface area contributed by atoms with Gasteiger partial charge in [-0.05, 0) is 54.4 Å². The number of alkyl halides is 3. The molecule has 3 amide bonds. The van der Waals surface area contributed by atoms with Gasteiger partial charge in [0.25, 0.3) is 5.91 Å². The Morgan fingerprint density at radius 2 is 1.91 bits per heavy atom. The number of benzene rings is 2. The van der Waals surface area contributed by atoms with Crippen LogP contribution >= 0.6 is 0 Å². The zero-order valence-electron chi connectivity index (χ0n) is 18.3. The van der Waals surface area contributed by atoms with Crippen LogP contribution in [0, 0.1) is 0 Å². The van der Waals surface area contributed by atoms with E-state index in [-0.39, 0.29) is 12.2 Å². The van der Waals surface area contributed by atoms with Crippen LogP contribution in [0.4, 0.5) is 29.3 Å². The number of nitrogens with zero attached hydrogens (tertiary/aromatic N) is 4. The van der Waals surface area contributed by atoms with E-state index in [1.165, 1.54) is 18.5 Å². The van der Waals surface area contributed by atoms with E-state index >= 15 is 0 Å². The summed E-state index contributed by atoms with van der Waals surface area (Å²) in [4.78, 5) is 39.2. The molecule has 0 aliphatic carbocycles. The second kappa shape index (κ2) is 8.42. The molecule has 1 saturated heterocycles. The van der Waals surface area contributed by atoms with Gasteiger partial charge in [-0.3, -0.25) is 9.69 Å². The number of aromatic amines is 1. The minimum atomic E-state index is -4.57. The van der Waals surface area contributed by atoms with Gasteiger partial charge in [0.05, 0.1) is 16.6 Å². The van der Waals surface area contributed by atoms with Crippen molar-refractivity contribution in [2.45, 2.75) is 19.5 Å². The van der Waals surface area contributed by atoms with Crippen molar-refractivity contribution in [3.63, 3.8) is 0 Å². The SMILES string of the molecule is CCc1cc(Oc2ncnc3[nH]ccc23)ccc1N1C(=O)CN(c2cccc(C(F)(F)F)c2)C1=O. The van der Waals surface area contributed by atoms with Gasteiger partial charge in [0, 0.05) is 11.9 Å². The number of halogens is 3. The molecule has 0 atom stereocenters. The summed E-state index contributed by atoms with van der Waals surface area (Å²) in [5.74, 6) is 0.247. The number of imide groups is 1. The first-order valence-corrected chi connectivity index (χ1v) is 10.7. The van der Waals surface area contributed by atoms with Crippen LogP contribution in [0.3, 0.4) is 0 Å². The van der Waals surface area contributed by atoms with Crippen LogP contribution < -0.4 is 14.5 Å². The number of rotatable bonds is 5. The minimum absolute atomic E-state index is 0.00189. The number of urea groups is 1. The molecule has 8 nitrogen and oxygen atoms in total. The number of carbonyl (C=O) groups excluding carboxylic acids is 2. The molecule has 0 bridgehead atoms. The van der Waals surface area contributed by atoms with Gasteiger partial charge in [0.15, 0.2) is 0 Å². The van der Waals surface area contributed by atoms with Crippen LogP contribution in [0.1, 0.15) is 18.1 Å². The maximum Gasteiger partial charge on any atom is 0.416 e. The number of H-pyrrole nitrogens is 1. The van der Waals surface area contributed by atoms with E-state index in [2.05, 4.69) is 15.0 Å². The van der Waals surface area contributed by atoms with Crippen LogP contribution in [-0.4, -0.2) is 33.4 Å². The monoisotopic (exact) mass is 481 g/mol. The van der Waals surface area contributed by atoms with Crippen molar-refractivity contribution < 1.29 is 27.5 Å². The molecule has 2 aromatic heterocycles. The lowest BCUT2D eigenvalue weighted by atomic mass is 10.1. The fourth-order valence-electron chi connectivity index (χ4n) is 3.96. The number of amides is 3. The Morgan fingerprint density at radius 3 is 2.69 bits per heavy atom. The molecule has 0 radical (unpaired) electrons. The lowest BCUT2D eigenvalue weighted by Crippen LogP contribution is -2.33. The van der Waals surface area contributed by atoms with Gasteiger partial charge < -0.3 is 9.72 Å². The number of aromatic nitrogens is 3. The Balaban J connectivity index is 1.44. The zero-order chi connectivity index (χ0) is 24.7. The first kappa shape index (κ1) is 22.4. The van der Waals surface area contributed by atoms with Crippen LogP contribution in [0.2, 0.25) is 0 Å². The fourth-order valence-corrected chi connectivity index (χ4v) is 3.96. The summed E-state index contributed by atoms with van der Waals surface area (Å²) in [5.41, 5.74) is 0.710. The largest absolute Gasteiger partial charge is 0.438 e. The van der Waals surface area contributed by atoms with Crippen LogP contribution in [0.15, 0.2) is 61.1 Å². The van der Waals surface area contributed by atoms with Gasteiger partial charge in [0.1, 0.15) is 24.3 Å². The van der Waals surface area contributed by atoms with Gasteiger partial charge in [-0.1, -0.05) is 13.0 Å². The summed E-state index contributed by atoms with van der Waals surface area (Å²) in [5, 5.41) is 0.691. The summed E-state index contributed by atoms with van der Waals surface area (Å²) >= 11 is 0. The number of fused-ring (bicyclic) bond motifs is 1. The van der Waals surface area contributed by atoms with Crippen LogP contribution in [-0.2, 0) is 17.4 Å². The summed E-state index contributed by atoms with van der Waals surface area (Å²) < 4.78 is 45.3. The highest BCUT2D eigenvalue weighted by Gasteiger charge is 2.40. The summed E-state index contributed by atoms with van der Waals surface area (Å²) in [6.07, 6.45) is -1.01. The molecule has 35 heavy (non-hydrogen) atoms. The third-order valence-corrected chi connectivity index (χ3v) is 5.65. The lowest BCUT2D eigenvalue weighted by molar-refractivity contribution is -0.137. The quantitative estimate of drug-likeness (QED) is 0.391. The van der Waals surface area contributed by atoms with Crippen molar-refractivity contribution in [1.29, 1.82) is 0 Å². The zero-order valence-corrected chi connectivity index (χ0v) is 18.3. The molecule has 0 unspecified atom stereocenters. The van der Waals surface area contributed by atoms with E-state index < -0.39 is 23.7 Å². The minimum Gasteiger partial charge on any atom is -0.438 e. The second-order valence-electron chi connectivity index (χ2n) is 7.81. The van der Waals surface area contributed by atoms with E-state index in [9.17, 15) is 22.8 Å². The molecular weight excluding hydrogens is 463 g/mol. The smallest absolute Gasteiger partial charge is 0.416 e. The molecule has 1 N–H and O–H groups in total. The molecule has 1 fully saturated rings. The normalized spacial score (nSPS) is 14.3. The Morgan fingerprint density at radius 1 is 1.09 bits per heavy atom. The maximum absolute atomic E-state index is 13.1. The van der Waals surface area contributed by atoms with Gasteiger partial charge >= 0.3 is 12.2 Å². The molecule has 0 spiro atoms. The number of nitrogens with one attached hydrogen (secondary N) is 1. The summed E-state index contributed by atoms with van der Waals surface area (Å²) in [6, 6.07) is 10.3. The highest BCUT2D eigenvalue weighted by atomic mass is 19.4. The molecule has 178 valence electrons. The number of carbonyl (C=O) groups is 2. The molecule has 1 aliphatic rings. The highest BCUT2D eigenvalue weighted by Crippen LogP contribution is 2.36. The first-order valence-electron chi connectivity index (χ1n) is 10.7. The van der Waals surface area contributed by atoms with E-state index in [1.807, 2.05) is 6.92 Å². The van der Waals surface area contributed by atoms with Crippen molar-refractivity contribution in [1.82, 2.24) is 15.0 Å². The average molecular weight is 481 g/mol. The van der Waals surface area contributed by atoms with Crippen molar-refractivity contribution in [3.05, 3.63) is 72.2 Å². The van der Waals surface area contributed by atoms with E-state index in [4.69, 9.17) is 4.74 Å². The van der Waals surface area contributed by atoms with Crippen molar-refractivity contribution in [2.24, 2.45) is 0 Å². The molecular formula is C24H18F3N5O3. The Labute approximate surface area is 197 Å². The van der Waals surface area contributed by atoms with Crippen LogP contribution in [0.25, 0.3) is 11.0 Å². The van der Waals surface area contributed by atoms with E-state index in [0.717, 1.165) is 21.9 Å². The summed E-state index contributed by atoms with van der Waals surface area (Å²) in [7, 11) is 0. The Kier molecular flexibility index (Phi) is 5.39. The lowest BCUT2D eigenvalue weighted by Gasteiger charge is -2.20. The van der Waals surface area contributed by atoms with Gasteiger partial charge in [-0.25, -0.2) is 19.7 Å². The molecule has 3 heterocycles. The Bertz CT molecular complexity index is 1450. The van der Waals surface area contributed by atoms with Gasteiger partial charge in [0.2, 0.25) is 5.88 Å². The standard InChI is InChI=1S/C24H18F3N5O3/c1-2-14-10-17(35-22-18-8-9-28-21(18)29-13-30-22)6-7-19(14)32-20(33)12-31(23(32)34)16-5-3-4-15(11-16)24(25,26)27/h3-11,13H,2,12H2,1H3,(H,28,29,30). The average Bonchev–Trinajstić information content (AvgIpc) is 3.43. The highest BCUT2D eigenvalue weighted by molar-refractivity contribution is 6.27. The predicted molar refractivity (Wildman–Crippen MR) is 121 cm³/mol. The topological polar surface area (TPSA) is 91.4 Å². The van der Waals surface area contributed by atoms with Crippen molar-refractivity contribution >= 4 is 34.3 Å². The predicted octanol–water partition coefficient (Wildman–Crippen LogP) is 5.30. The molecule has 2 aromatic carbocycles. The molecule has 0 saturated carbocycles. The third-order valence-electron chi connectivity index (χ3n) is 5.65. The molecule has 4 aromatic rings. The Hall–Kier alpha value is -4.41. The maximum atomic E-state index is 13.1. The van der Waals surface area contributed by atoms with Gasteiger partial charge in [-0.2, -0.15) is 13.2 Å². The number of hydrogen-bond donors (Lipinski definition) is 1. The van der Waals surface area contributed by atoms with Crippen molar-refractivity contribution in [3.8, 4) is 11.6 Å². The number of hydrogen-bond acceptors (Lipinski definition) is 5. The third kappa shape index (κ3) is 4.05. The number of ether oxygens (including phenoxy) is 1.